The van der Waals surface area contributed by atoms with Crippen LogP contribution < -0.4 is 5.32 Å². The predicted octanol–water partition coefficient (Wildman–Crippen LogP) is 3.98. The Labute approximate surface area is 131 Å². The van der Waals surface area contributed by atoms with Crippen LogP contribution in [0.5, 0.6) is 0 Å². The molecule has 0 amide bonds. The highest BCUT2D eigenvalue weighted by atomic mass is 35.5. The fourth-order valence-corrected chi connectivity index (χ4v) is 3.62. The SMILES string of the molecule is CC(C)n1cncc1C1CCNCC1c1ccccc1Cl. The van der Waals surface area contributed by atoms with Gasteiger partial charge >= 0.3 is 0 Å². The third kappa shape index (κ3) is 2.85. The van der Waals surface area contributed by atoms with Crippen molar-refractivity contribution in [2.75, 3.05) is 13.1 Å². The van der Waals surface area contributed by atoms with Gasteiger partial charge in [0.25, 0.3) is 0 Å². The first-order valence-corrected chi connectivity index (χ1v) is 8.03. The summed E-state index contributed by atoms with van der Waals surface area (Å²) in [5, 5.41) is 4.38. The van der Waals surface area contributed by atoms with Crippen molar-refractivity contribution in [2.24, 2.45) is 0 Å². The van der Waals surface area contributed by atoms with E-state index in [2.05, 4.69) is 40.8 Å². The lowest BCUT2D eigenvalue weighted by atomic mass is 9.79. The maximum absolute atomic E-state index is 6.44. The number of halogens is 1. The van der Waals surface area contributed by atoms with Crippen molar-refractivity contribution >= 4 is 11.6 Å². The van der Waals surface area contributed by atoms with Gasteiger partial charge in [-0.25, -0.2) is 4.98 Å². The minimum absolute atomic E-state index is 0.404. The van der Waals surface area contributed by atoms with Crippen LogP contribution in [0.4, 0.5) is 0 Å². The molecule has 2 aromatic rings. The Bertz CT molecular complexity index is 606. The number of rotatable bonds is 3. The minimum atomic E-state index is 0.404. The fraction of sp³-hybridized carbons (Fsp3) is 0.471. The molecule has 1 aliphatic rings. The number of benzene rings is 1. The van der Waals surface area contributed by atoms with Crippen molar-refractivity contribution in [3.8, 4) is 0 Å². The van der Waals surface area contributed by atoms with Crippen LogP contribution in [0.2, 0.25) is 5.02 Å². The number of aromatic nitrogens is 2. The van der Waals surface area contributed by atoms with E-state index in [-0.39, 0.29) is 0 Å². The highest BCUT2D eigenvalue weighted by Crippen LogP contribution is 2.40. The van der Waals surface area contributed by atoms with E-state index in [1.54, 1.807) is 0 Å². The van der Waals surface area contributed by atoms with Crippen molar-refractivity contribution in [3.63, 3.8) is 0 Å². The summed E-state index contributed by atoms with van der Waals surface area (Å²) in [6, 6.07) is 8.65. The number of piperidine rings is 1. The average molecular weight is 304 g/mol. The standard InChI is InChI=1S/C17H22ClN3/c1-12(2)21-11-20-10-17(21)14-7-8-19-9-15(14)13-5-3-4-6-16(13)18/h3-6,10-12,14-15,19H,7-9H2,1-2H3. The molecule has 2 unspecified atom stereocenters. The van der Waals surface area contributed by atoms with Crippen LogP contribution in [0.15, 0.2) is 36.8 Å². The summed E-state index contributed by atoms with van der Waals surface area (Å²) < 4.78 is 2.29. The first-order chi connectivity index (χ1) is 10.2. The Hall–Kier alpha value is -1.32. The zero-order valence-corrected chi connectivity index (χ0v) is 13.3. The smallest absolute Gasteiger partial charge is 0.0950 e. The van der Waals surface area contributed by atoms with Crippen LogP contribution >= 0.6 is 11.6 Å². The summed E-state index contributed by atoms with van der Waals surface area (Å²) in [6.07, 6.45) is 5.10. The second-order valence-electron chi connectivity index (χ2n) is 6.05. The lowest BCUT2D eigenvalue weighted by Crippen LogP contribution is -2.35. The molecule has 0 bridgehead atoms. The van der Waals surface area contributed by atoms with Crippen LogP contribution in [0, 0.1) is 0 Å². The molecule has 21 heavy (non-hydrogen) atoms. The molecule has 2 heterocycles. The van der Waals surface area contributed by atoms with Crippen LogP contribution in [-0.4, -0.2) is 22.6 Å². The topological polar surface area (TPSA) is 29.9 Å². The van der Waals surface area contributed by atoms with Crippen LogP contribution in [0.3, 0.4) is 0 Å². The van der Waals surface area contributed by atoms with Gasteiger partial charge in [0.05, 0.1) is 6.33 Å². The fourth-order valence-electron chi connectivity index (χ4n) is 3.35. The molecule has 2 atom stereocenters. The number of hydrogen-bond acceptors (Lipinski definition) is 2. The Morgan fingerprint density at radius 1 is 1.29 bits per heavy atom. The summed E-state index contributed by atoms with van der Waals surface area (Å²) >= 11 is 6.44. The van der Waals surface area contributed by atoms with E-state index in [1.807, 2.05) is 24.7 Å². The van der Waals surface area contributed by atoms with Gasteiger partial charge in [-0.3, -0.25) is 0 Å². The molecule has 1 aromatic heterocycles. The first kappa shape index (κ1) is 14.6. The van der Waals surface area contributed by atoms with E-state index in [0.29, 0.717) is 17.9 Å². The summed E-state index contributed by atoms with van der Waals surface area (Å²) in [5.41, 5.74) is 2.57. The Morgan fingerprint density at radius 2 is 2.10 bits per heavy atom. The number of imidazole rings is 1. The monoisotopic (exact) mass is 303 g/mol. The average Bonchev–Trinajstić information content (AvgIpc) is 2.97. The number of hydrogen-bond donors (Lipinski definition) is 1. The molecule has 0 spiro atoms. The maximum atomic E-state index is 6.44. The first-order valence-electron chi connectivity index (χ1n) is 7.65. The second kappa shape index (κ2) is 6.20. The van der Waals surface area contributed by atoms with E-state index >= 15 is 0 Å². The molecule has 0 aliphatic carbocycles. The van der Waals surface area contributed by atoms with Gasteiger partial charge in [-0.1, -0.05) is 29.8 Å². The lowest BCUT2D eigenvalue weighted by Gasteiger charge is -2.34. The molecule has 4 heteroatoms. The van der Waals surface area contributed by atoms with Gasteiger partial charge in [-0.15, -0.1) is 0 Å². The molecule has 1 aliphatic heterocycles. The van der Waals surface area contributed by atoms with Gasteiger partial charge in [0.2, 0.25) is 0 Å². The van der Waals surface area contributed by atoms with Crippen molar-refractivity contribution in [3.05, 3.63) is 53.1 Å². The van der Waals surface area contributed by atoms with Crippen LogP contribution in [0.25, 0.3) is 0 Å². The maximum Gasteiger partial charge on any atom is 0.0950 e. The second-order valence-corrected chi connectivity index (χ2v) is 6.45. The molecule has 3 rings (SSSR count). The molecule has 1 aromatic carbocycles. The highest BCUT2D eigenvalue weighted by molar-refractivity contribution is 6.31. The van der Waals surface area contributed by atoms with Gasteiger partial charge in [0.1, 0.15) is 0 Å². The third-order valence-electron chi connectivity index (χ3n) is 4.42. The Balaban J connectivity index is 1.99. The van der Waals surface area contributed by atoms with Gasteiger partial charge in [0, 0.05) is 41.3 Å². The van der Waals surface area contributed by atoms with E-state index in [1.165, 1.54) is 11.3 Å². The van der Waals surface area contributed by atoms with E-state index in [9.17, 15) is 0 Å². The van der Waals surface area contributed by atoms with Crippen molar-refractivity contribution in [1.82, 2.24) is 14.9 Å². The van der Waals surface area contributed by atoms with Crippen molar-refractivity contribution in [1.29, 1.82) is 0 Å². The largest absolute Gasteiger partial charge is 0.332 e. The molecular formula is C17H22ClN3. The van der Waals surface area contributed by atoms with Crippen molar-refractivity contribution < 1.29 is 0 Å². The zero-order chi connectivity index (χ0) is 14.8. The van der Waals surface area contributed by atoms with Crippen molar-refractivity contribution in [2.45, 2.75) is 38.1 Å². The Kier molecular flexibility index (Phi) is 4.32. The number of nitrogens with zero attached hydrogens (tertiary/aromatic N) is 2. The lowest BCUT2D eigenvalue weighted by molar-refractivity contribution is 0.381. The summed E-state index contributed by atoms with van der Waals surface area (Å²) in [7, 11) is 0. The number of nitrogens with one attached hydrogen (secondary N) is 1. The van der Waals surface area contributed by atoms with Gasteiger partial charge in [-0.2, -0.15) is 0 Å². The molecule has 112 valence electrons. The van der Waals surface area contributed by atoms with E-state index in [4.69, 9.17) is 11.6 Å². The summed E-state index contributed by atoms with van der Waals surface area (Å²) in [4.78, 5) is 4.38. The van der Waals surface area contributed by atoms with E-state index in [0.717, 1.165) is 24.5 Å². The highest BCUT2D eigenvalue weighted by Gasteiger charge is 2.31. The molecule has 0 saturated carbocycles. The molecule has 1 fully saturated rings. The van der Waals surface area contributed by atoms with Gasteiger partial charge < -0.3 is 9.88 Å². The van der Waals surface area contributed by atoms with Crippen LogP contribution in [-0.2, 0) is 0 Å². The van der Waals surface area contributed by atoms with E-state index < -0.39 is 0 Å². The Morgan fingerprint density at radius 3 is 2.86 bits per heavy atom. The molecular weight excluding hydrogens is 282 g/mol. The van der Waals surface area contributed by atoms with Crippen LogP contribution in [0.1, 0.15) is 49.4 Å². The minimum Gasteiger partial charge on any atom is -0.332 e. The molecule has 1 N–H and O–H groups in total. The predicted molar refractivity (Wildman–Crippen MR) is 87.0 cm³/mol. The summed E-state index contributed by atoms with van der Waals surface area (Å²) in [5.74, 6) is 0.873. The summed E-state index contributed by atoms with van der Waals surface area (Å²) in [6.45, 7) is 6.43. The van der Waals surface area contributed by atoms with Gasteiger partial charge in [-0.05, 0) is 38.4 Å². The zero-order valence-electron chi connectivity index (χ0n) is 12.6. The van der Waals surface area contributed by atoms with Gasteiger partial charge in [0.15, 0.2) is 0 Å². The quantitative estimate of drug-likeness (QED) is 0.929. The molecule has 1 saturated heterocycles. The molecule has 3 nitrogen and oxygen atoms in total. The molecule has 0 radical (unpaired) electrons. The normalized spacial score (nSPS) is 22.7. The third-order valence-corrected chi connectivity index (χ3v) is 4.76.